The zero-order valence-corrected chi connectivity index (χ0v) is 12.9. The van der Waals surface area contributed by atoms with E-state index in [4.69, 9.17) is 9.47 Å². The summed E-state index contributed by atoms with van der Waals surface area (Å²) in [6.45, 7) is 3.90. The number of hydrogen-bond donors (Lipinski definition) is 1. The number of nitrogens with one attached hydrogen (secondary N) is 1. The lowest BCUT2D eigenvalue weighted by Gasteiger charge is -2.20. The Hall–Kier alpha value is -2.50. The predicted octanol–water partition coefficient (Wildman–Crippen LogP) is 2.50. The minimum absolute atomic E-state index is 0.0925. The standard InChI is InChI=1S/C16H19N3O3/c1-4-16(2)21-13-6-5-12(8-14(13)22-16)18-15(20)7-11-9-17-19(3)10-11/h5-6,8-10H,4,7H2,1-3H3,(H,18,20)/t16-/m0/s1. The van der Waals surface area contributed by atoms with Gasteiger partial charge in [-0.15, -0.1) is 0 Å². The second kappa shape index (κ2) is 5.36. The molecule has 0 bridgehead atoms. The van der Waals surface area contributed by atoms with Crippen molar-refractivity contribution in [2.45, 2.75) is 32.5 Å². The van der Waals surface area contributed by atoms with Crippen molar-refractivity contribution in [3.63, 3.8) is 0 Å². The molecule has 1 N–H and O–H groups in total. The van der Waals surface area contributed by atoms with Gasteiger partial charge in [0.1, 0.15) is 0 Å². The molecule has 1 aliphatic rings. The third-order valence-electron chi connectivity index (χ3n) is 3.64. The molecule has 0 aliphatic carbocycles. The fraction of sp³-hybridized carbons (Fsp3) is 0.375. The molecule has 3 rings (SSSR count). The van der Waals surface area contributed by atoms with Crippen LogP contribution in [0, 0.1) is 0 Å². The van der Waals surface area contributed by atoms with E-state index in [-0.39, 0.29) is 12.3 Å². The summed E-state index contributed by atoms with van der Waals surface area (Å²) in [5.41, 5.74) is 1.57. The summed E-state index contributed by atoms with van der Waals surface area (Å²) in [5, 5.41) is 6.91. The molecule has 0 unspecified atom stereocenters. The van der Waals surface area contributed by atoms with Gasteiger partial charge in [-0.3, -0.25) is 9.48 Å². The highest BCUT2D eigenvalue weighted by Gasteiger charge is 2.34. The van der Waals surface area contributed by atoms with Gasteiger partial charge in [0.05, 0.1) is 12.6 Å². The first kappa shape index (κ1) is 14.4. The lowest BCUT2D eigenvalue weighted by atomic mass is 10.2. The van der Waals surface area contributed by atoms with Crippen LogP contribution in [0.3, 0.4) is 0 Å². The lowest BCUT2D eigenvalue weighted by Crippen LogP contribution is -2.33. The minimum atomic E-state index is -0.624. The molecule has 2 aromatic rings. The summed E-state index contributed by atoms with van der Waals surface area (Å²) in [4.78, 5) is 12.1. The van der Waals surface area contributed by atoms with Gasteiger partial charge in [0.15, 0.2) is 11.5 Å². The van der Waals surface area contributed by atoms with Crippen molar-refractivity contribution < 1.29 is 14.3 Å². The number of hydrogen-bond acceptors (Lipinski definition) is 4. The van der Waals surface area contributed by atoms with Crippen molar-refractivity contribution in [2.24, 2.45) is 7.05 Å². The maximum Gasteiger partial charge on any atom is 0.248 e. The molecule has 0 saturated heterocycles. The number of fused-ring (bicyclic) bond motifs is 1. The van der Waals surface area contributed by atoms with E-state index >= 15 is 0 Å². The van der Waals surface area contributed by atoms with Crippen LogP contribution in [0.25, 0.3) is 0 Å². The van der Waals surface area contributed by atoms with Gasteiger partial charge in [-0.2, -0.15) is 5.10 Å². The number of benzene rings is 1. The van der Waals surface area contributed by atoms with Gasteiger partial charge in [-0.05, 0) is 17.7 Å². The number of carbonyl (C=O) groups is 1. The van der Waals surface area contributed by atoms with Crippen molar-refractivity contribution in [3.05, 3.63) is 36.2 Å². The van der Waals surface area contributed by atoms with Gasteiger partial charge in [-0.25, -0.2) is 0 Å². The molecule has 1 aromatic carbocycles. The number of anilines is 1. The average molecular weight is 301 g/mol. The second-order valence-corrected chi connectivity index (χ2v) is 5.60. The van der Waals surface area contributed by atoms with E-state index in [1.807, 2.05) is 39.2 Å². The minimum Gasteiger partial charge on any atom is -0.449 e. The summed E-state index contributed by atoms with van der Waals surface area (Å²) >= 11 is 0. The molecule has 1 amide bonds. The van der Waals surface area contributed by atoms with Crippen molar-refractivity contribution in [3.8, 4) is 11.5 Å². The molecular formula is C16H19N3O3. The summed E-state index contributed by atoms with van der Waals surface area (Å²) in [6.07, 6.45) is 4.54. The first-order valence-corrected chi connectivity index (χ1v) is 7.27. The Morgan fingerprint density at radius 3 is 2.82 bits per heavy atom. The smallest absolute Gasteiger partial charge is 0.248 e. The van der Waals surface area contributed by atoms with Crippen LogP contribution in [-0.2, 0) is 18.3 Å². The molecule has 1 aliphatic heterocycles. The molecule has 22 heavy (non-hydrogen) atoms. The quantitative estimate of drug-likeness (QED) is 0.942. The molecule has 2 heterocycles. The van der Waals surface area contributed by atoms with E-state index in [0.29, 0.717) is 17.2 Å². The zero-order chi connectivity index (χ0) is 15.7. The van der Waals surface area contributed by atoms with Crippen LogP contribution in [-0.4, -0.2) is 21.5 Å². The zero-order valence-electron chi connectivity index (χ0n) is 12.9. The van der Waals surface area contributed by atoms with Gasteiger partial charge >= 0.3 is 0 Å². The van der Waals surface area contributed by atoms with E-state index in [1.54, 1.807) is 16.9 Å². The summed E-state index contributed by atoms with van der Waals surface area (Å²) < 4.78 is 13.2. The topological polar surface area (TPSA) is 65.4 Å². The second-order valence-electron chi connectivity index (χ2n) is 5.60. The SMILES string of the molecule is CC[C@@]1(C)Oc2ccc(NC(=O)Cc3cnn(C)c3)cc2O1. The average Bonchev–Trinajstić information content (AvgIpc) is 3.01. The van der Waals surface area contributed by atoms with E-state index in [1.165, 1.54) is 0 Å². The Kier molecular flexibility index (Phi) is 3.52. The lowest BCUT2D eigenvalue weighted by molar-refractivity contribution is -0.115. The third-order valence-corrected chi connectivity index (χ3v) is 3.64. The highest BCUT2D eigenvalue weighted by molar-refractivity contribution is 5.92. The number of nitrogens with zero attached hydrogens (tertiary/aromatic N) is 2. The maximum atomic E-state index is 12.1. The van der Waals surface area contributed by atoms with Gasteiger partial charge in [-0.1, -0.05) is 6.92 Å². The summed E-state index contributed by atoms with van der Waals surface area (Å²) in [5.74, 6) is 0.643. The van der Waals surface area contributed by atoms with Gasteiger partial charge in [0.25, 0.3) is 0 Å². The monoisotopic (exact) mass is 301 g/mol. The first-order valence-electron chi connectivity index (χ1n) is 7.27. The van der Waals surface area contributed by atoms with E-state index < -0.39 is 5.79 Å². The summed E-state index contributed by atoms with van der Waals surface area (Å²) in [6, 6.07) is 5.41. The fourth-order valence-corrected chi connectivity index (χ4v) is 2.33. The van der Waals surface area contributed by atoms with Crippen LogP contribution < -0.4 is 14.8 Å². The Bertz CT molecular complexity index is 710. The number of rotatable bonds is 4. The molecule has 0 fully saturated rings. The number of aromatic nitrogens is 2. The maximum absolute atomic E-state index is 12.1. The van der Waals surface area contributed by atoms with E-state index in [9.17, 15) is 4.79 Å². The molecule has 6 nitrogen and oxygen atoms in total. The van der Waals surface area contributed by atoms with Gasteiger partial charge in [0.2, 0.25) is 11.7 Å². The predicted molar refractivity (Wildman–Crippen MR) is 81.9 cm³/mol. The van der Waals surface area contributed by atoms with Crippen LogP contribution in [0.1, 0.15) is 25.8 Å². The number of carbonyl (C=O) groups excluding carboxylic acids is 1. The first-order chi connectivity index (χ1) is 10.5. The molecule has 6 heteroatoms. The normalized spacial score (nSPS) is 19.2. The summed E-state index contributed by atoms with van der Waals surface area (Å²) in [7, 11) is 1.82. The Labute approximate surface area is 129 Å². The Balaban J connectivity index is 1.67. The Morgan fingerprint density at radius 1 is 1.36 bits per heavy atom. The largest absolute Gasteiger partial charge is 0.449 e. The van der Waals surface area contributed by atoms with Gasteiger partial charge < -0.3 is 14.8 Å². The van der Waals surface area contributed by atoms with Crippen LogP contribution in [0.2, 0.25) is 0 Å². The molecule has 0 radical (unpaired) electrons. The highest BCUT2D eigenvalue weighted by atomic mass is 16.7. The van der Waals surface area contributed by atoms with Crippen LogP contribution >= 0.6 is 0 Å². The van der Waals surface area contributed by atoms with Crippen LogP contribution in [0.5, 0.6) is 11.5 Å². The number of amides is 1. The fourth-order valence-electron chi connectivity index (χ4n) is 2.33. The third kappa shape index (κ3) is 2.90. The van der Waals surface area contributed by atoms with Crippen molar-refractivity contribution in [1.29, 1.82) is 0 Å². The van der Waals surface area contributed by atoms with Crippen molar-refractivity contribution in [1.82, 2.24) is 9.78 Å². The van der Waals surface area contributed by atoms with Crippen molar-refractivity contribution in [2.75, 3.05) is 5.32 Å². The van der Waals surface area contributed by atoms with E-state index in [2.05, 4.69) is 10.4 Å². The molecule has 116 valence electrons. The van der Waals surface area contributed by atoms with Crippen molar-refractivity contribution >= 4 is 11.6 Å². The number of ether oxygens (including phenoxy) is 2. The van der Waals surface area contributed by atoms with Crippen LogP contribution in [0.15, 0.2) is 30.6 Å². The van der Waals surface area contributed by atoms with E-state index in [0.717, 1.165) is 12.0 Å². The van der Waals surface area contributed by atoms with Crippen LogP contribution in [0.4, 0.5) is 5.69 Å². The molecule has 0 spiro atoms. The Morgan fingerprint density at radius 2 is 2.14 bits per heavy atom. The van der Waals surface area contributed by atoms with Gasteiger partial charge in [0, 0.05) is 38.3 Å². The number of aryl methyl sites for hydroxylation is 1. The molecule has 1 atom stereocenters. The molecule has 0 saturated carbocycles. The molecular weight excluding hydrogens is 282 g/mol. The molecule has 1 aromatic heterocycles. The highest BCUT2D eigenvalue weighted by Crippen LogP contribution is 2.41.